The van der Waals surface area contributed by atoms with E-state index < -0.39 is 0 Å². The van der Waals surface area contributed by atoms with Crippen molar-refractivity contribution in [3.05, 3.63) is 22.7 Å². The summed E-state index contributed by atoms with van der Waals surface area (Å²) >= 11 is 21.9. The van der Waals surface area contributed by atoms with Crippen LogP contribution in [0.15, 0.2) is 22.7 Å². The molecule has 0 aromatic rings. The second-order valence-corrected chi connectivity index (χ2v) is 2.93. The van der Waals surface area contributed by atoms with Gasteiger partial charge in [0.1, 0.15) is 0 Å². The van der Waals surface area contributed by atoms with Crippen molar-refractivity contribution in [2.24, 2.45) is 0 Å². The van der Waals surface area contributed by atoms with Gasteiger partial charge in [0.25, 0.3) is 0 Å². The number of hydrogen-bond acceptors (Lipinski definition) is 0. The summed E-state index contributed by atoms with van der Waals surface area (Å²) in [7, 11) is 0. The lowest BCUT2D eigenvalue weighted by Crippen LogP contribution is -1.92. The predicted molar refractivity (Wildman–Crippen MR) is 49.3 cm³/mol. The lowest BCUT2D eigenvalue weighted by Gasteiger charge is -1.98. The first-order valence-electron chi connectivity index (χ1n) is 2.54. The van der Waals surface area contributed by atoms with Crippen molar-refractivity contribution in [3.63, 3.8) is 0 Å². The lowest BCUT2D eigenvalue weighted by atomic mass is 10.4. The van der Waals surface area contributed by atoms with Crippen LogP contribution < -0.4 is 0 Å². The number of halogens is 4. The zero-order valence-corrected chi connectivity index (χ0v) is 8.05. The maximum Gasteiger partial charge on any atom is 0.0881 e. The Morgan fingerprint density at radius 2 is 2.10 bits per heavy atom. The Kier molecular flexibility index (Phi) is 6.76. The molecule has 0 aromatic carbocycles. The average molecular weight is 220 g/mol. The fourth-order valence-electron chi connectivity index (χ4n) is 0.342. The molecular formula is C6H6Cl4. The van der Waals surface area contributed by atoms with E-state index in [0.717, 1.165) is 0 Å². The fourth-order valence-corrected chi connectivity index (χ4v) is 1.12. The van der Waals surface area contributed by atoms with Gasteiger partial charge >= 0.3 is 0 Å². The average Bonchev–Trinajstić information content (AvgIpc) is 1.89. The van der Waals surface area contributed by atoms with Crippen molar-refractivity contribution in [2.75, 3.05) is 5.88 Å². The molecule has 10 heavy (non-hydrogen) atoms. The molecule has 0 aliphatic carbocycles. The third kappa shape index (κ3) is 4.45. The van der Waals surface area contributed by atoms with Crippen LogP contribution in [0.4, 0.5) is 0 Å². The standard InChI is InChI=1S/C6H6Cl4/c7-3-1-5(9)6(10)2-4-8/h1-3,5H,4H2. The molecule has 0 rings (SSSR count). The Labute approximate surface area is 80.4 Å². The molecular weight excluding hydrogens is 214 g/mol. The molecule has 1 unspecified atom stereocenters. The minimum atomic E-state index is -0.363. The minimum absolute atomic E-state index is 0.359. The maximum absolute atomic E-state index is 5.68. The largest absolute Gasteiger partial charge is 0.122 e. The highest BCUT2D eigenvalue weighted by Gasteiger charge is 2.02. The first-order chi connectivity index (χ1) is 4.72. The highest BCUT2D eigenvalue weighted by molar-refractivity contribution is 6.38. The smallest absolute Gasteiger partial charge is 0.0881 e. The molecule has 1 atom stereocenters. The highest BCUT2D eigenvalue weighted by Crippen LogP contribution is 2.15. The van der Waals surface area contributed by atoms with E-state index >= 15 is 0 Å². The van der Waals surface area contributed by atoms with Gasteiger partial charge in [0.05, 0.1) is 5.38 Å². The van der Waals surface area contributed by atoms with Gasteiger partial charge in [-0.15, -0.1) is 23.2 Å². The molecule has 0 heterocycles. The second-order valence-electron chi connectivity index (χ2n) is 1.46. The highest BCUT2D eigenvalue weighted by atomic mass is 35.5. The summed E-state index contributed by atoms with van der Waals surface area (Å²) < 4.78 is 0. The summed E-state index contributed by atoms with van der Waals surface area (Å²) in [6, 6.07) is 0. The number of allylic oxidation sites excluding steroid dienone is 3. The minimum Gasteiger partial charge on any atom is -0.122 e. The van der Waals surface area contributed by atoms with E-state index in [1.165, 1.54) is 5.54 Å². The Hall–Kier alpha value is 0.640. The van der Waals surface area contributed by atoms with Crippen LogP contribution >= 0.6 is 46.4 Å². The molecule has 0 spiro atoms. The third-order valence-corrected chi connectivity index (χ3v) is 1.96. The number of rotatable bonds is 3. The van der Waals surface area contributed by atoms with Crippen LogP contribution in [0.5, 0.6) is 0 Å². The predicted octanol–water partition coefficient (Wildman–Crippen LogP) is 3.71. The Bertz CT molecular complexity index is 139. The van der Waals surface area contributed by atoms with E-state index in [1.54, 1.807) is 12.2 Å². The summed E-state index contributed by atoms with van der Waals surface area (Å²) in [6.45, 7) is 0. The van der Waals surface area contributed by atoms with Crippen LogP contribution in [0.1, 0.15) is 0 Å². The van der Waals surface area contributed by atoms with Gasteiger partial charge in [-0.1, -0.05) is 35.4 Å². The van der Waals surface area contributed by atoms with Gasteiger partial charge in [-0.05, 0) is 0 Å². The van der Waals surface area contributed by atoms with Crippen LogP contribution in [0, 0.1) is 0 Å². The maximum atomic E-state index is 5.68. The molecule has 0 nitrogen and oxygen atoms in total. The van der Waals surface area contributed by atoms with E-state index in [9.17, 15) is 0 Å². The van der Waals surface area contributed by atoms with E-state index in [0.29, 0.717) is 10.9 Å². The van der Waals surface area contributed by atoms with E-state index in [2.05, 4.69) is 0 Å². The third-order valence-electron chi connectivity index (χ3n) is 0.777. The zero-order valence-electron chi connectivity index (χ0n) is 5.03. The van der Waals surface area contributed by atoms with Gasteiger partial charge in [0.2, 0.25) is 0 Å². The number of alkyl halides is 2. The molecule has 0 aliphatic heterocycles. The summed E-state index contributed by atoms with van der Waals surface area (Å²) in [5.74, 6) is 0.359. The molecule has 0 fully saturated rings. The van der Waals surface area contributed by atoms with Crippen LogP contribution in [-0.2, 0) is 0 Å². The van der Waals surface area contributed by atoms with Gasteiger partial charge < -0.3 is 0 Å². The topological polar surface area (TPSA) is 0 Å². The molecule has 0 saturated heterocycles. The first kappa shape index (κ1) is 10.6. The van der Waals surface area contributed by atoms with Crippen molar-refractivity contribution < 1.29 is 0 Å². The van der Waals surface area contributed by atoms with Crippen molar-refractivity contribution in [3.8, 4) is 0 Å². The monoisotopic (exact) mass is 218 g/mol. The Morgan fingerprint density at radius 1 is 1.50 bits per heavy atom. The van der Waals surface area contributed by atoms with E-state index in [4.69, 9.17) is 46.4 Å². The summed E-state index contributed by atoms with van der Waals surface area (Å²) in [5.41, 5.74) is 1.32. The molecule has 0 aliphatic rings. The van der Waals surface area contributed by atoms with E-state index in [-0.39, 0.29) is 5.38 Å². The van der Waals surface area contributed by atoms with Crippen molar-refractivity contribution >= 4 is 46.4 Å². The van der Waals surface area contributed by atoms with Crippen LogP contribution in [0.2, 0.25) is 0 Å². The summed E-state index contributed by atoms with van der Waals surface area (Å²) in [6.07, 6.45) is 3.19. The first-order valence-corrected chi connectivity index (χ1v) is 4.33. The van der Waals surface area contributed by atoms with Crippen LogP contribution in [-0.4, -0.2) is 11.3 Å². The van der Waals surface area contributed by atoms with Crippen molar-refractivity contribution in [1.82, 2.24) is 0 Å². The van der Waals surface area contributed by atoms with E-state index in [1.807, 2.05) is 0 Å². The normalized spacial score (nSPS) is 16.2. The number of hydrogen-bond donors (Lipinski definition) is 0. The molecule has 0 bridgehead atoms. The van der Waals surface area contributed by atoms with Gasteiger partial charge in [0, 0.05) is 16.4 Å². The molecule has 0 radical (unpaired) electrons. The molecule has 4 heteroatoms. The zero-order chi connectivity index (χ0) is 7.98. The van der Waals surface area contributed by atoms with Gasteiger partial charge in [0.15, 0.2) is 0 Å². The molecule has 58 valence electrons. The van der Waals surface area contributed by atoms with Gasteiger partial charge in [-0.3, -0.25) is 0 Å². The summed E-state index contributed by atoms with van der Waals surface area (Å²) in [5, 5.41) is 0.131. The van der Waals surface area contributed by atoms with Crippen molar-refractivity contribution in [1.29, 1.82) is 0 Å². The molecule has 0 aromatic heterocycles. The summed E-state index contributed by atoms with van der Waals surface area (Å²) in [4.78, 5) is 0. The van der Waals surface area contributed by atoms with Crippen molar-refractivity contribution in [2.45, 2.75) is 5.38 Å². The molecule has 0 amide bonds. The fraction of sp³-hybridized carbons (Fsp3) is 0.333. The SMILES string of the molecule is ClC=CC(Cl)C(Cl)=CCCl. The van der Waals surface area contributed by atoms with Crippen LogP contribution in [0.3, 0.4) is 0 Å². The lowest BCUT2D eigenvalue weighted by molar-refractivity contribution is 1.35. The Balaban J connectivity index is 3.93. The Morgan fingerprint density at radius 3 is 2.50 bits per heavy atom. The van der Waals surface area contributed by atoms with Crippen LogP contribution in [0.25, 0.3) is 0 Å². The van der Waals surface area contributed by atoms with Gasteiger partial charge in [-0.25, -0.2) is 0 Å². The quantitative estimate of drug-likeness (QED) is 0.636. The molecule has 0 saturated carbocycles. The second kappa shape index (κ2) is 6.36. The molecule has 0 N–H and O–H groups in total. The van der Waals surface area contributed by atoms with Gasteiger partial charge in [-0.2, -0.15) is 0 Å².